The van der Waals surface area contributed by atoms with Crippen molar-refractivity contribution in [2.24, 2.45) is 0 Å². The molecule has 1 aliphatic rings. The van der Waals surface area contributed by atoms with Crippen molar-refractivity contribution in [3.8, 4) is 6.07 Å². The number of ether oxygens (including phenoxy) is 1. The number of nitrogen functional groups attached to an aromatic ring is 1. The van der Waals surface area contributed by atoms with E-state index in [0.717, 1.165) is 0 Å². The van der Waals surface area contributed by atoms with E-state index in [9.17, 15) is 5.26 Å². The fourth-order valence-corrected chi connectivity index (χ4v) is 5.81. The van der Waals surface area contributed by atoms with Crippen molar-refractivity contribution in [1.29, 1.82) is 5.26 Å². The van der Waals surface area contributed by atoms with Gasteiger partial charge in [0.05, 0.1) is 12.1 Å². The third-order valence-electron chi connectivity index (χ3n) is 7.45. The first-order valence-electron chi connectivity index (χ1n) is 11.5. The minimum absolute atomic E-state index is 0.0340. The second kappa shape index (κ2) is 8.75. The third-order valence-corrected chi connectivity index (χ3v) is 16.4. The van der Waals surface area contributed by atoms with E-state index in [2.05, 4.69) is 88.8 Å². The largest absolute Gasteiger partial charge is 0.468 e. The van der Waals surface area contributed by atoms with Crippen LogP contribution in [0.25, 0.3) is 11.2 Å². The standard InChI is InChI=1S/C23H38N6O3Si2/c1-22(2,3)33(7,8)31-17-15(11-12-24)30-21(18(17)32-34(9,10)23(4,5)6)29-14-28-16-19(25)26-13-27-20(16)29/h11,13-14,17-18,21H,1-10H3,(H2,25,26,27)/b15-11-/t17-,18-,21-/m1/s1. The summed E-state index contributed by atoms with van der Waals surface area (Å²) in [6.45, 7) is 21.9. The van der Waals surface area contributed by atoms with Gasteiger partial charge >= 0.3 is 0 Å². The number of rotatable bonds is 5. The highest BCUT2D eigenvalue weighted by Crippen LogP contribution is 2.47. The highest BCUT2D eigenvalue weighted by Gasteiger charge is 2.53. The molecule has 9 nitrogen and oxygen atoms in total. The van der Waals surface area contributed by atoms with Crippen LogP contribution in [0.1, 0.15) is 47.8 Å². The lowest BCUT2D eigenvalue weighted by atomic mass is 10.2. The van der Waals surface area contributed by atoms with Crippen molar-refractivity contribution in [2.75, 3.05) is 5.73 Å². The molecule has 3 atom stereocenters. The van der Waals surface area contributed by atoms with Crippen LogP contribution in [0.2, 0.25) is 36.3 Å². The van der Waals surface area contributed by atoms with Gasteiger partial charge in [0.25, 0.3) is 0 Å². The van der Waals surface area contributed by atoms with E-state index in [0.29, 0.717) is 22.7 Å². The average Bonchev–Trinajstić information content (AvgIpc) is 3.23. The number of imidazole rings is 1. The van der Waals surface area contributed by atoms with Crippen molar-refractivity contribution in [2.45, 2.75) is 96.2 Å². The van der Waals surface area contributed by atoms with E-state index < -0.39 is 35.1 Å². The molecule has 186 valence electrons. The maximum Gasteiger partial charge on any atom is 0.206 e. The van der Waals surface area contributed by atoms with Crippen LogP contribution in [0, 0.1) is 11.3 Å². The maximum absolute atomic E-state index is 9.54. The molecule has 1 fully saturated rings. The number of allylic oxidation sites excluding steroid dienone is 1. The molecule has 2 N–H and O–H groups in total. The predicted molar refractivity (Wildman–Crippen MR) is 138 cm³/mol. The van der Waals surface area contributed by atoms with Crippen LogP contribution in [0.4, 0.5) is 5.82 Å². The number of nitrogens with zero attached hydrogens (tertiary/aromatic N) is 5. The fourth-order valence-electron chi connectivity index (χ4n) is 3.29. The van der Waals surface area contributed by atoms with Gasteiger partial charge in [0.1, 0.15) is 36.1 Å². The molecular weight excluding hydrogens is 464 g/mol. The lowest BCUT2D eigenvalue weighted by molar-refractivity contribution is -0.00177. The molecule has 0 radical (unpaired) electrons. The summed E-state index contributed by atoms with van der Waals surface area (Å²) in [5.74, 6) is 0.760. The van der Waals surface area contributed by atoms with E-state index in [-0.39, 0.29) is 10.1 Å². The Kier molecular flexibility index (Phi) is 6.78. The van der Waals surface area contributed by atoms with Gasteiger partial charge in [0.15, 0.2) is 28.1 Å². The maximum atomic E-state index is 9.54. The van der Waals surface area contributed by atoms with Crippen LogP contribution >= 0.6 is 0 Å². The third kappa shape index (κ3) is 4.77. The molecular formula is C23H38N6O3Si2. The molecule has 1 saturated heterocycles. The number of hydrogen-bond acceptors (Lipinski definition) is 8. The molecule has 0 spiro atoms. The number of nitriles is 1. The topological polar surface area (TPSA) is 121 Å². The van der Waals surface area contributed by atoms with Gasteiger partial charge in [-0.25, -0.2) is 15.0 Å². The number of anilines is 1. The van der Waals surface area contributed by atoms with Crippen molar-refractivity contribution >= 4 is 33.6 Å². The van der Waals surface area contributed by atoms with Crippen LogP contribution in [0.5, 0.6) is 0 Å². The lowest BCUT2D eigenvalue weighted by Crippen LogP contribution is -2.52. The minimum atomic E-state index is -2.26. The molecule has 2 aromatic heterocycles. The Balaban J connectivity index is 2.16. The summed E-state index contributed by atoms with van der Waals surface area (Å²) in [6.07, 6.45) is 2.82. The van der Waals surface area contributed by atoms with Gasteiger partial charge in [0.2, 0.25) is 6.23 Å². The zero-order chi connectivity index (χ0) is 25.7. The Bertz CT molecular complexity index is 1120. The number of aromatic nitrogens is 4. The summed E-state index contributed by atoms with van der Waals surface area (Å²) < 4.78 is 22.0. The van der Waals surface area contributed by atoms with Gasteiger partial charge in [-0.15, -0.1) is 0 Å². The highest BCUT2D eigenvalue weighted by atomic mass is 28.4. The summed E-state index contributed by atoms with van der Waals surface area (Å²) in [5, 5.41) is 9.47. The summed E-state index contributed by atoms with van der Waals surface area (Å²) in [4.78, 5) is 12.9. The zero-order valence-corrected chi connectivity index (χ0v) is 24.0. The quantitative estimate of drug-likeness (QED) is 0.441. The SMILES string of the molecule is CC(C)(C)[Si](C)(C)O[C@@H]1[C@H](O[Si](C)(C)C(C)(C)C)/C(=C/C#N)O[C@H]1n1cnc2c(N)ncnc21. The Labute approximate surface area is 204 Å². The fraction of sp³-hybridized carbons (Fsp3) is 0.652. The van der Waals surface area contributed by atoms with Crippen LogP contribution < -0.4 is 5.73 Å². The summed E-state index contributed by atoms with van der Waals surface area (Å²) >= 11 is 0. The van der Waals surface area contributed by atoms with E-state index in [1.54, 1.807) is 6.33 Å². The van der Waals surface area contributed by atoms with Crippen molar-refractivity contribution < 1.29 is 13.6 Å². The molecule has 0 aliphatic carbocycles. The number of nitrogens with two attached hydrogens (primary N) is 1. The second-order valence-electron chi connectivity index (χ2n) is 11.9. The Morgan fingerprint density at radius 2 is 1.62 bits per heavy atom. The molecule has 0 unspecified atom stereocenters. The van der Waals surface area contributed by atoms with Crippen molar-refractivity contribution in [1.82, 2.24) is 19.5 Å². The van der Waals surface area contributed by atoms with E-state index in [1.807, 2.05) is 4.57 Å². The van der Waals surface area contributed by atoms with Gasteiger partial charge in [0, 0.05) is 0 Å². The van der Waals surface area contributed by atoms with Gasteiger partial charge in [-0.05, 0) is 36.3 Å². The molecule has 2 aromatic rings. The van der Waals surface area contributed by atoms with Crippen LogP contribution in [-0.2, 0) is 13.6 Å². The van der Waals surface area contributed by atoms with Gasteiger partial charge in [-0.1, -0.05) is 41.5 Å². The lowest BCUT2D eigenvalue weighted by Gasteiger charge is -2.43. The number of fused-ring (bicyclic) bond motifs is 1. The number of hydrogen-bond donors (Lipinski definition) is 1. The summed E-state index contributed by atoms with van der Waals surface area (Å²) in [7, 11) is -4.51. The van der Waals surface area contributed by atoms with Crippen LogP contribution in [0.3, 0.4) is 0 Å². The van der Waals surface area contributed by atoms with Crippen LogP contribution in [-0.4, -0.2) is 48.4 Å². The molecule has 3 heterocycles. The molecule has 0 aromatic carbocycles. The first kappa shape index (κ1) is 26.3. The van der Waals surface area contributed by atoms with Crippen molar-refractivity contribution in [3.05, 3.63) is 24.5 Å². The van der Waals surface area contributed by atoms with Gasteiger partial charge in [-0.2, -0.15) is 5.26 Å². The molecule has 0 saturated carbocycles. The first-order chi connectivity index (χ1) is 15.5. The molecule has 1 aliphatic heterocycles. The predicted octanol–water partition coefficient (Wildman–Crippen LogP) is 5.13. The minimum Gasteiger partial charge on any atom is -0.468 e. The average molecular weight is 503 g/mol. The molecule has 34 heavy (non-hydrogen) atoms. The van der Waals surface area contributed by atoms with Gasteiger partial charge in [-0.3, -0.25) is 4.57 Å². The van der Waals surface area contributed by atoms with E-state index in [1.165, 1.54) is 12.4 Å². The Morgan fingerprint density at radius 1 is 1.03 bits per heavy atom. The van der Waals surface area contributed by atoms with Gasteiger partial charge < -0.3 is 19.3 Å². The highest BCUT2D eigenvalue weighted by molar-refractivity contribution is 6.74. The Morgan fingerprint density at radius 3 is 2.18 bits per heavy atom. The first-order valence-corrected chi connectivity index (χ1v) is 17.4. The second-order valence-corrected chi connectivity index (χ2v) is 21.4. The smallest absolute Gasteiger partial charge is 0.206 e. The van der Waals surface area contributed by atoms with Crippen molar-refractivity contribution in [3.63, 3.8) is 0 Å². The van der Waals surface area contributed by atoms with E-state index >= 15 is 0 Å². The van der Waals surface area contributed by atoms with Crippen LogP contribution in [0.15, 0.2) is 24.5 Å². The monoisotopic (exact) mass is 502 g/mol. The Hall–Kier alpha value is -2.27. The molecule has 3 rings (SSSR count). The summed E-state index contributed by atoms with van der Waals surface area (Å²) in [5.41, 5.74) is 7.07. The summed E-state index contributed by atoms with van der Waals surface area (Å²) in [6, 6.07) is 2.12. The zero-order valence-electron chi connectivity index (χ0n) is 22.0. The normalized spacial score (nSPS) is 23.3. The molecule has 0 bridgehead atoms. The molecule has 0 amide bonds. The van der Waals surface area contributed by atoms with E-state index in [4.69, 9.17) is 19.3 Å². The molecule has 11 heteroatoms.